The zero-order valence-corrected chi connectivity index (χ0v) is 36.3. The van der Waals surface area contributed by atoms with E-state index in [2.05, 4.69) is 24.3 Å². The summed E-state index contributed by atoms with van der Waals surface area (Å²) in [5.74, 6) is 1.43. The summed E-state index contributed by atoms with van der Waals surface area (Å²) in [4.78, 5) is 16.5. The quantitative estimate of drug-likeness (QED) is 0.0574. The van der Waals surface area contributed by atoms with Crippen molar-refractivity contribution in [2.75, 3.05) is 71.1 Å². The van der Waals surface area contributed by atoms with Crippen molar-refractivity contribution >= 4 is 70.0 Å². The van der Waals surface area contributed by atoms with Crippen molar-refractivity contribution in [2.45, 2.75) is 0 Å². The third-order valence-corrected chi connectivity index (χ3v) is 9.57. The second kappa shape index (κ2) is 21.8. The number of aromatic hydroxyl groups is 2. The average molecular weight is 846 g/mol. The van der Waals surface area contributed by atoms with E-state index < -0.39 is 19.5 Å². The molecule has 5 aromatic rings. The molecular weight excluding hydrogens is 794 g/mol. The van der Waals surface area contributed by atoms with Gasteiger partial charge in [0.2, 0.25) is 5.36 Å². The Morgan fingerprint density at radius 2 is 1.07 bits per heavy atom. The molecule has 6 N–H and O–H groups in total. The normalized spacial score (nSPS) is 10.2. The lowest BCUT2D eigenvalue weighted by Crippen LogP contribution is -2.29. The molecule has 12 nitrogen and oxygen atoms in total. The van der Waals surface area contributed by atoms with E-state index in [0.717, 1.165) is 55.8 Å². The molecule has 0 spiro atoms. The zero-order valence-electron chi connectivity index (χ0n) is 35.5. The summed E-state index contributed by atoms with van der Waals surface area (Å²) < 4.78 is 8.37. The molecule has 7 rings (SSSR count). The highest BCUT2D eigenvalue weighted by molar-refractivity contribution is 6.67. The Labute approximate surface area is 362 Å². The fourth-order valence-electron chi connectivity index (χ4n) is 5.89. The Morgan fingerprint density at radius 1 is 0.590 bits per heavy atom. The molecule has 0 saturated heterocycles. The Kier molecular flexibility index (Phi) is 17.0. The van der Waals surface area contributed by atoms with Gasteiger partial charge in [0.15, 0.2) is 0 Å². The van der Waals surface area contributed by atoms with Crippen LogP contribution in [-0.2, 0) is 0 Å². The third kappa shape index (κ3) is 13.4. The fraction of sp³-hybridized carbons (Fsp3) is 0.174. The van der Waals surface area contributed by atoms with Gasteiger partial charge in [-0.05, 0) is 70.6 Å². The lowest BCUT2D eigenvalue weighted by molar-refractivity contribution is 0.108. The zero-order chi connectivity index (χ0) is 45.0. The molecule has 1 heterocycles. The van der Waals surface area contributed by atoms with Crippen molar-refractivity contribution in [3.63, 3.8) is 0 Å². The highest BCUT2D eigenvalue weighted by atomic mass is 35.5. The van der Waals surface area contributed by atoms with E-state index in [9.17, 15) is 14.8 Å². The summed E-state index contributed by atoms with van der Waals surface area (Å²) in [7, 11) is 12.8. The van der Waals surface area contributed by atoms with Crippen LogP contribution in [0.4, 0.5) is 17.1 Å². The van der Waals surface area contributed by atoms with E-state index >= 15 is 0 Å². The highest BCUT2D eigenvalue weighted by Crippen LogP contribution is 2.40. The molecule has 61 heavy (non-hydrogen) atoms. The molecule has 316 valence electrons. The number of phenolic OH excluding ortho intramolecular Hbond substituents is 2. The number of fused-ring (bicyclic) bond motifs is 2. The molecule has 0 unspecified atom stereocenters. The number of phenols is 2. The van der Waals surface area contributed by atoms with E-state index in [1.54, 1.807) is 36.4 Å². The molecule has 5 aromatic carbocycles. The predicted molar refractivity (Wildman–Crippen MR) is 251 cm³/mol. The van der Waals surface area contributed by atoms with Gasteiger partial charge in [-0.3, -0.25) is 4.79 Å². The lowest BCUT2D eigenvalue weighted by atomic mass is 9.79. The van der Waals surface area contributed by atoms with E-state index in [1.165, 1.54) is 24.3 Å². The summed E-state index contributed by atoms with van der Waals surface area (Å²) in [6, 6.07) is 39.8. The van der Waals surface area contributed by atoms with Crippen LogP contribution in [0, 0.1) is 0 Å². The smallest absolute Gasteiger partial charge is 0.488 e. The summed E-state index contributed by atoms with van der Waals surface area (Å²) in [6.07, 6.45) is 0. The molecule has 2 aliphatic rings. The average Bonchev–Trinajstić information content (AvgIpc) is 3.23. The van der Waals surface area contributed by atoms with Crippen LogP contribution >= 0.6 is 11.6 Å². The van der Waals surface area contributed by atoms with Crippen molar-refractivity contribution in [3.8, 4) is 33.9 Å². The maximum Gasteiger partial charge on any atom is 0.488 e. The van der Waals surface area contributed by atoms with Gasteiger partial charge in [-0.1, -0.05) is 60.7 Å². The van der Waals surface area contributed by atoms with Crippen LogP contribution in [0.2, 0.25) is 0 Å². The van der Waals surface area contributed by atoms with Gasteiger partial charge in [0, 0.05) is 106 Å². The number of benzene rings is 6. The minimum absolute atomic E-state index is 0.311. The predicted octanol–water partition coefficient (Wildman–Crippen LogP) is 4.64. The van der Waals surface area contributed by atoms with Crippen molar-refractivity contribution in [1.29, 1.82) is 0 Å². The van der Waals surface area contributed by atoms with Gasteiger partial charge in [0.1, 0.15) is 36.9 Å². The first-order valence-corrected chi connectivity index (χ1v) is 19.5. The minimum atomic E-state index is -1.51. The highest BCUT2D eigenvalue weighted by Gasteiger charge is 2.19. The van der Waals surface area contributed by atoms with E-state index in [0.29, 0.717) is 28.0 Å². The molecule has 1 aliphatic heterocycles. The number of rotatable bonds is 7. The van der Waals surface area contributed by atoms with Gasteiger partial charge in [0.25, 0.3) is 5.24 Å². The Morgan fingerprint density at radius 3 is 1.48 bits per heavy atom. The van der Waals surface area contributed by atoms with Crippen LogP contribution in [0.3, 0.4) is 0 Å². The van der Waals surface area contributed by atoms with Crippen LogP contribution in [0.5, 0.6) is 11.5 Å². The molecule has 0 fully saturated rings. The number of carbonyl (C=O) groups excluding carboxylic acids is 1. The topological polar surface area (TPSA) is 164 Å². The largest absolute Gasteiger partial charge is 0.508 e. The van der Waals surface area contributed by atoms with Gasteiger partial charge >= 0.3 is 14.2 Å². The van der Waals surface area contributed by atoms with Crippen LogP contribution in [0.1, 0.15) is 10.4 Å². The molecule has 0 saturated carbocycles. The molecule has 1 aliphatic carbocycles. The van der Waals surface area contributed by atoms with Crippen molar-refractivity contribution in [3.05, 3.63) is 144 Å². The Hall–Kier alpha value is -6.28. The van der Waals surface area contributed by atoms with Crippen molar-refractivity contribution in [2.24, 2.45) is 0 Å². The second-order valence-electron chi connectivity index (χ2n) is 14.7. The number of nitrogens with zero attached hydrogens (tertiary/aromatic N) is 4. The molecule has 15 heteroatoms. The van der Waals surface area contributed by atoms with E-state index in [-0.39, 0.29) is 0 Å². The number of hydrogen-bond acceptors (Lipinski definition) is 11. The van der Waals surface area contributed by atoms with Gasteiger partial charge in [-0.15, -0.1) is 0 Å². The van der Waals surface area contributed by atoms with E-state index in [4.69, 9.17) is 36.3 Å². The molecule has 0 amide bonds. The van der Waals surface area contributed by atoms with Crippen LogP contribution in [0.25, 0.3) is 33.4 Å². The van der Waals surface area contributed by atoms with Gasteiger partial charge in [-0.25, -0.2) is 4.58 Å². The molecule has 0 aromatic heterocycles. The van der Waals surface area contributed by atoms with Crippen LogP contribution in [0.15, 0.2) is 138 Å². The number of anilines is 3. The minimum Gasteiger partial charge on any atom is -0.508 e. The first-order chi connectivity index (χ1) is 28.9. The summed E-state index contributed by atoms with van der Waals surface area (Å²) >= 11 is 5.17. The van der Waals surface area contributed by atoms with Crippen LogP contribution < -0.4 is 35.6 Å². The third-order valence-electron chi connectivity index (χ3n) is 9.35. The van der Waals surface area contributed by atoms with Gasteiger partial charge in [0.05, 0.1) is 6.07 Å². The maximum absolute atomic E-state index is 10.6. The summed E-state index contributed by atoms with van der Waals surface area (Å²) in [6.45, 7) is 0. The SMILES string of the molecule is CN(C)c1ccc2c(-c3ccc(B(O)O)cc3)c3ccc(=[N+](C)C)cc-3oc2c1.CN(C)c1cccc(O)c1.CN(C)c1cccc(O)c1.O=C(Cl)c1ccc(B(O)O)cc1. The van der Waals surface area contributed by atoms with Crippen LogP contribution in [-0.4, -0.2) is 106 Å². The number of hydrogen-bond donors (Lipinski definition) is 6. The standard InChI is InChI=1S/C23H24BN2O3.2C8H11NO.C7H6BClO3/c1-25(2)17-9-11-19-21(13-17)29-22-14-18(26(3)4)10-12-20(22)23(19)15-5-7-16(8-6-15)24(27)28;2*1-9(2)7-4-3-5-8(10)6-7;9-7(10)5-1-3-6(4-2-5)8(11)12/h5-14,27-28H,1-4H3;2*3-6,10H,1-2H3;1-4,11-12H/q+1;;;. The lowest BCUT2D eigenvalue weighted by Gasteiger charge is -2.18. The Bertz CT molecular complexity index is 2510. The molecule has 0 atom stereocenters. The van der Waals surface area contributed by atoms with Crippen molar-refractivity contribution < 1.29 is 39.5 Å². The fourth-order valence-corrected chi connectivity index (χ4v) is 6.01. The van der Waals surface area contributed by atoms with Gasteiger partial charge in [-0.2, -0.15) is 0 Å². The molecule has 0 radical (unpaired) electrons. The summed E-state index contributed by atoms with van der Waals surface area (Å²) in [5, 5.41) is 55.8. The Balaban J connectivity index is 0.000000210. The monoisotopic (exact) mass is 845 g/mol. The summed E-state index contributed by atoms with van der Waals surface area (Å²) in [5.41, 5.74) is 8.10. The molecular formula is C46H52B2ClN4O8+. The van der Waals surface area contributed by atoms with Crippen molar-refractivity contribution in [1.82, 2.24) is 4.58 Å². The van der Waals surface area contributed by atoms with E-state index in [1.807, 2.05) is 124 Å². The first-order valence-electron chi connectivity index (χ1n) is 19.1. The number of carbonyl (C=O) groups is 1. The van der Waals surface area contributed by atoms with Gasteiger partial charge < -0.3 is 49.4 Å². The first kappa shape index (κ1) is 47.4. The maximum atomic E-state index is 10.6. The number of halogens is 1. The second-order valence-corrected chi connectivity index (χ2v) is 15.1. The molecule has 0 bridgehead atoms.